The van der Waals surface area contributed by atoms with Crippen LogP contribution in [0.5, 0.6) is 0 Å². The molecular weight excluding hydrogens is 283 g/mol. The molecule has 2 aromatic rings. The highest BCUT2D eigenvalue weighted by Gasteiger charge is 2.05. The molecular formula is C17H19FN2S. The van der Waals surface area contributed by atoms with Gasteiger partial charge in [-0.3, -0.25) is 0 Å². The number of benzene rings is 2. The van der Waals surface area contributed by atoms with E-state index in [0.717, 1.165) is 12.8 Å². The van der Waals surface area contributed by atoms with E-state index in [0.29, 0.717) is 10.8 Å². The van der Waals surface area contributed by atoms with E-state index in [2.05, 4.69) is 29.7 Å². The average Bonchev–Trinajstić information content (AvgIpc) is 2.46. The van der Waals surface area contributed by atoms with Gasteiger partial charge >= 0.3 is 0 Å². The lowest BCUT2D eigenvalue weighted by Crippen LogP contribution is -2.36. The second-order valence-corrected chi connectivity index (χ2v) is 5.44. The first-order valence-corrected chi connectivity index (χ1v) is 7.41. The highest BCUT2D eigenvalue weighted by atomic mass is 32.1. The lowest BCUT2D eigenvalue weighted by Gasteiger charge is -2.17. The molecule has 0 fully saturated rings. The molecule has 0 radical (unpaired) electrons. The molecule has 2 rings (SSSR count). The van der Waals surface area contributed by atoms with Crippen LogP contribution in [0.15, 0.2) is 54.6 Å². The van der Waals surface area contributed by atoms with E-state index in [1.807, 2.05) is 18.2 Å². The molecule has 0 aliphatic rings. The number of hydrogen-bond donors (Lipinski definition) is 2. The molecule has 0 aromatic heterocycles. The fourth-order valence-corrected chi connectivity index (χ4v) is 2.38. The molecule has 0 unspecified atom stereocenters. The molecule has 110 valence electrons. The van der Waals surface area contributed by atoms with Crippen LogP contribution in [0.3, 0.4) is 0 Å². The van der Waals surface area contributed by atoms with Gasteiger partial charge in [0.2, 0.25) is 0 Å². The summed E-state index contributed by atoms with van der Waals surface area (Å²) in [5.41, 5.74) is 1.97. The van der Waals surface area contributed by atoms with Crippen molar-refractivity contribution in [3.8, 4) is 0 Å². The van der Waals surface area contributed by atoms with Gasteiger partial charge in [0.05, 0.1) is 0 Å². The van der Waals surface area contributed by atoms with Crippen molar-refractivity contribution in [2.24, 2.45) is 0 Å². The molecule has 2 N–H and O–H groups in total. The Morgan fingerprint density at radius 1 is 1.14 bits per heavy atom. The largest absolute Gasteiger partial charge is 0.360 e. The van der Waals surface area contributed by atoms with Crippen molar-refractivity contribution in [3.05, 3.63) is 66.0 Å². The van der Waals surface area contributed by atoms with Gasteiger partial charge in [0, 0.05) is 11.7 Å². The van der Waals surface area contributed by atoms with Crippen LogP contribution in [0.4, 0.5) is 10.1 Å². The van der Waals surface area contributed by atoms with Gasteiger partial charge in [-0.1, -0.05) is 36.4 Å². The van der Waals surface area contributed by atoms with Crippen LogP contribution in [0, 0.1) is 5.82 Å². The van der Waals surface area contributed by atoms with Crippen LogP contribution in [-0.4, -0.2) is 11.2 Å². The molecule has 0 saturated heterocycles. The van der Waals surface area contributed by atoms with E-state index in [1.54, 1.807) is 12.1 Å². The van der Waals surface area contributed by atoms with E-state index in [4.69, 9.17) is 12.2 Å². The Hall–Kier alpha value is -1.94. The lowest BCUT2D eigenvalue weighted by molar-refractivity contribution is 0.609. The van der Waals surface area contributed by atoms with Gasteiger partial charge in [-0.25, -0.2) is 4.39 Å². The third-order valence-corrected chi connectivity index (χ3v) is 3.39. The monoisotopic (exact) mass is 302 g/mol. The minimum atomic E-state index is -0.278. The third-order valence-electron chi connectivity index (χ3n) is 3.17. The predicted octanol–water partition coefficient (Wildman–Crippen LogP) is 4.13. The van der Waals surface area contributed by atoms with Crippen molar-refractivity contribution in [3.63, 3.8) is 0 Å². The fourth-order valence-electron chi connectivity index (χ4n) is 2.06. The molecule has 0 saturated carbocycles. The zero-order valence-electron chi connectivity index (χ0n) is 12.0. The molecule has 1 atom stereocenters. The van der Waals surface area contributed by atoms with Crippen LogP contribution in [0.2, 0.25) is 0 Å². The predicted molar refractivity (Wildman–Crippen MR) is 90.0 cm³/mol. The topological polar surface area (TPSA) is 24.1 Å². The van der Waals surface area contributed by atoms with Crippen LogP contribution >= 0.6 is 12.2 Å². The summed E-state index contributed by atoms with van der Waals surface area (Å²) in [5.74, 6) is -0.278. The van der Waals surface area contributed by atoms with Crippen molar-refractivity contribution >= 4 is 23.0 Å². The van der Waals surface area contributed by atoms with E-state index < -0.39 is 0 Å². The average molecular weight is 302 g/mol. The number of anilines is 1. The number of aryl methyl sites for hydroxylation is 1. The SMILES string of the molecule is C[C@H](CCc1ccccc1)NC(=S)Nc1cccc(F)c1. The van der Waals surface area contributed by atoms with Gasteiger partial charge < -0.3 is 10.6 Å². The molecule has 0 aliphatic heterocycles. The summed E-state index contributed by atoms with van der Waals surface area (Å²) >= 11 is 5.24. The first-order valence-electron chi connectivity index (χ1n) is 7.00. The number of rotatable bonds is 5. The Morgan fingerprint density at radius 3 is 2.62 bits per heavy atom. The van der Waals surface area contributed by atoms with Crippen LogP contribution in [0.25, 0.3) is 0 Å². The van der Waals surface area contributed by atoms with E-state index >= 15 is 0 Å². The summed E-state index contributed by atoms with van der Waals surface area (Å²) in [5, 5.41) is 6.72. The highest BCUT2D eigenvalue weighted by molar-refractivity contribution is 7.80. The Balaban J connectivity index is 1.77. The Bertz CT molecular complexity index is 586. The summed E-state index contributed by atoms with van der Waals surface area (Å²) in [6, 6.07) is 16.9. The maximum absolute atomic E-state index is 13.1. The number of thiocarbonyl (C=S) groups is 1. The van der Waals surface area contributed by atoms with Gasteiger partial charge in [0.25, 0.3) is 0 Å². The molecule has 0 amide bonds. The van der Waals surface area contributed by atoms with Crippen molar-refractivity contribution in [1.82, 2.24) is 5.32 Å². The van der Waals surface area contributed by atoms with E-state index in [9.17, 15) is 4.39 Å². The van der Waals surface area contributed by atoms with Crippen molar-refractivity contribution < 1.29 is 4.39 Å². The summed E-state index contributed by atoms with van der Waals surface area (Å²) in [7, 11) is 0. The van der Waals surface area contributed by atoms with Crippen molar-refractivity contribution in [2.75, 3.05) is 5.32 Å². The van der Waals surface area contributed by atoms with Gasteiger partial charge in [-0.2, -0.15) is 0 Å². The summed E-state index contributed by atoms with van der Waals surface area (Å²) in [4.78, 5) is 0. The van der Waals surface area contributed by atoms with Gasteiger partial charge in [-0.15, -0.1) is 0 Å². The zero-order chi connectivity index (χ0) is 15.1. The number of nitrogens with one attached hydrogen (secondary N) is 2. The van der Waals surface area contributed by atoms with E-state index in [-0.39, 0.29) is 11.9 Å². The second kappa shape index (κ2) is 7.74. The second-order valence-electron chi connectivity index (χ2n) is 5.03. The molecule has 2 aromatic carbocycles. The standard InChI is InChI=1S/C17H19FN2S/c1-13(10-11-14-6-3-2-4-7-14)19-17(21)20-16-9-5-8-15(18)12-16/h2-9,12-13H,10-11H2,1H3,(H2,19,20,21)/t13-/m1/s1. The maximum Gasteiger partial charge on any atom is 0.170 e. The number of hydrogen-bond acceptors (Lipinski definition) is 1. The molecule has 0 aliphatic carbocycles. The molecule has 21 heavy (non-hydrogen) atoms. The zero-order valence-corrected chi connectivity index (χ0v) is 12.8. The van der Waals surface area contributed by atoms with E-state index in [1.165, 1.54) is 17.7 Å². The van der Waals surface area contributed by atoms with Crippen molar-refractivity contribution in [1.29, 1.82) is 0 Å². The van der Waals surface area contributed by atoms with Crippen LogP contribution in [-0.2, 0) is 6.42 Å². The maximum atomic E-state index is 13.1. The quantitative estimate of drug-likeness (QED) is 0.812. The first-order chi connectivity index (χ1) is 10.1. The Morgan fingerprint density at radius 2 is 1.90 bits per heavy atom. The number of halogens is 1. The molecule has 2 nitrogen and oxygen atoms in total. The normalized spacial score (nSPS) is 11.7. The smallest absolute Gasteiger partial charge is 0.170 e. The highest BCUT2D eigenvalue weighted by Crippen LogP contribution is 2.09. The summed E-state index contributed by atoms with van der Waals surface area (Å²) < 4.78 is 13.1. The van der Waals surface area contributed by atoms with Gasteiger partial charge in [-0.05, 0) is 55.7 Å². The third kappa shape index (κ3) is 5.52. The first kappa shape index (κ1) is 15.4. The van der Waals surface area contributed by atoms with Crippen LogP contribution < -0.4 is 10.6 Å². The van der Waals surface area contributed by atoms with Crippen molar-refractivity contribution in [2.45, 2.75) is 25.8 Å². The molecule has 0 bridgehead atoms. The Kier molecular flexibility index (Phi) is 5.69. The van der Waals surface area contributed by atoms with Gasteiger partial charge in [0.15, 0.2) is 5.11 Å². The fraction of sp³-hybridized carbons (Fsp3) is 0.235. The Labute approximate surface area is 130 Å². The summed E-state index contributed by atoms with van der Waals surface area (Å²) in [6.07, 6.45) is 1.98. The minimum absolute atomic E-state index is 0.249. The minimum Gasteiger partial charge on any atom is -0.360 e. The molecule has 4 heteroatoms. The lowest BCUT2D eigenvalue weighted by atomic mass is 10.1. The summed E-state index contributed by atoms with van der Waals surface area (Å²) in [6.45, 7) is 2.09. The van der Waals surface area contributed by atoms with Crippen LogP contribution in [0.1, 0.15) is 18.9 Å². The molecule has 0 spiro atoms. The van der Waals surface area contributed by atoms with Gasteiger partial charge in [0.1, 0.15) is 5.82 Å². The molecule has 0 heterocycles.